The number of nitrogens with zero attached hydrogens (tertiary/aromatic N) is 4. The topological polar surface area (TPSA) is 115 Å². The lowest BCUT2D eigenvalue weighted by Gasteiger charge is -2.29. The van der Waals surface area contributed by atoms with E-state index in [0.717, 1.165) is 38.6 Å². The van der Waals surface area contributed by atoms with Gasteiger partial charge < -0.3 is 29.0 Å². The zero-order chi connectivity index (χ0) is 37.7. The standard InChI is InChI=1S/C39H45Cl2N5O6/c1-8-32(47)43-27-15-12-14-24(2)36(27)46(38(49)52-39(3,4)5)31-21-28-25(23-42-31)20-26(33-34(40)29(50-6)22-30(51-7)35(33)41)37(48)45(28)19-13-18-44-16-10-9-11-17-44/h8,12,14-15,20-23H,1,9-11,13,16-19H2,2-7H3,(H,43,47). The maximum Gasteiger partial charge on any atom is 0.420 e. The summed E-state index contributed by atoms with van der Waals surface area (Å²) >= 11 is 13.7. The highest BCUT2D eigenvalue weighted by Crippen LogP contribution is 2.46. The number of rotatable bonds is 11. The second-order valence-corrected chi connectivity index (χ2v) is 14.4. The number of ether oxygens (including phenoxy) is 3. The zero-order valence-corrected chi connectivity index (χ0v) is 32.0. The molecule has 1 fully saturated rings. The molecule has 0 aliphatic carbocycles. The third-order valence-corrected chi connectivity index (χ3v) is 9.57. The van der Waals surface area contributed by atoms with Crippen LogP contribution < -0.4 is 25.2 Å². The Morgan fingerprint density at radius 2 is 1.69 bits per heavy atom. The van der Waals surface area contributed by atoms with Gasteiger partial charge in [-0.25, -0.2) is 14.7 Å². The summed E-state index contributed by atoms with van der Waals surface area (Å²) in [7, 11) is 2.95. The number of carbonyl (C=O) groups excluding carboxylic acids is 2. The van der Waals surface area contributed by atoms with Gasteiger partial charge in [0.2, 0.25) is 5.91 Å². The summed E-state index contributed by atoms with van der Waals surface area (Å²) in [6.07, 6.45) is 6.22. The molecule has 0 bridgehead atoms. The monoisotopic (exact) mass is 749 g/mol. The molecule has 276 valence electrons. The van der Waals surface area contributed by atoms with E-state index in [1.165, 1.54) is 25.5 Å². The Balaban J connectivity index is 1.75. The number of likely N-dealkylation sites (tertiary alicyclic amines) is 1. The highest BCUT2D eigenvalue weighted by atomic mass is 35.5. The molecule has 0 unspecified atom stereocenters. The molecular formula is C39H45Cl2N5O6. The molecule has 2 amide bonds. The van der Waals surface area contributed by atoms with Gasteiger partial charge in [-0.2, -0.15) is 0 Å². The Bertz CT molecular complexity index is 2020. The van der Waals surface area contributed by atoms with Crippen LogP contribution in [-0.4, -0.2) is 65.9 Å². The smallest absolute Gasteiger partial charge is 0.420 e. The Kier molecular flexibility index (Phi) is 12.2. The summed E-state index contributed by atoms with van der Waals surface area (Å²) in [5.74, 6) is 0.325. The first-order valence-corrected chi connectivity index (χ1v) is 18.0. The SMILES string of the molecule is C=CC(=O)Nc1cccc(C)c1N(C(=O)OC(C)(C)C)c1cc2c(cn1)cc(-c1c(Cl)c(OC)cc(OC)c1Cl)c(=O)n2CCCN1CCCCC1. The van der Waals surface area contributed by atoms with Gasteiger partial charge >= 0.3 is 6.09 Å². The van der Waals surface area contributed by atoms with Crippen molar-refractivity contribution in [1.29, 1.82) is 0 Å². The van der Waals surface area contributed by atoms with Gasteiger partial charge in [0.1, 0.15) is 22.9 Å². The van der Waals surface area contributed by atoms with Gasteiger partial charge in [0, 0.05) is 35.8 Å². The number of carbonyl (C=O) groups is 2. The average molecular weight is 751 g/mol. The number of aryl methyl sites for hydroxylation is 2. The average Bonchev–Trinajstić information content (AvgIpc) is 3.10. The molecule has 0 radical (unpaired) electrons. The first-order valence-electron chi connectivity index (χ1n) is 17.2. The first-order chi connectivity index (χ1) is 24.8. The molecule has 0 saturated carbocycles. The van der Waals surface area contributed by atoms with Crippen molar-refractivity contribution < 1.29 is 23.8 Å². The van der Waals surface area contributed by atoms with Gasteiger partial charge in [0.25, 0.3) is 5.56 Å². The van der Waals surface area contributed by atoms with Crippen LogP contribution in [0, 0.1) is 6.92 Å². The van der Waals surface area contributed by atoms with Crippen molar-refractivity contribution in [2.45, 2.75) is 65.5 Å². The van der Waals surface area contributed by atoms with Gasteiger partial charge in [0.05, 0.1) is 46.7 Å². The Morgan fingerprint density at radius 3 is 2.31 bits per heavy atom. The fraction of sp³-hybridized carbons (Fsp3) is 0.385. The van der Waals surface area contributed by atoms with Crippen LogP contribution in [0.1, 0.15) is 52.0 Å². The van der Waals surface area contributed by atoms with Crippen LogP contribution >= 0.6 is 23.2 Å². The second kappa shape index (κ2) is 16.4. The minimum atomic E-state index is -0.860. The number of methoxy groups -OCH3 is 2. The normalized spacial score (nSPS) is 13.5. The summed E-state index contributed by atoms with van der Waals surface area (Å²) in [4.78, 5) is 49.7. The van der Waals surface area contributed by atoms with E-state index in [1.54, 1.807) is 61.9 Å². The van der Waals surface area contributed by atoms with E-state index >= 15 is 0 Å². The number of nitrogens with one attached hydrogen (secondary N) is 1. The Hall–Kier alpha value is -4.58. The number of benzene rings is 2. The largest absolute Gasteiger partial charge is 0.495 e. The summed E-state index contributed by atoms with van der Waals surface area (Å²) in [6.45, 7) is 13.9. The number of para-hydroxylation sites is 1. The third kappa shape index (κ3) is 8.38. The van der Waals surface area contributed by atoms with Crippen molar-refractivity contribution in [2.24, 2.45) is 0 Å². The number of piperidine rings is 1. The van der Waals surface area contributed by atoms with Crippen molar-refractivity contribution in [3.8, 4) is 22.6 Å². The lowest BCUT2D eigenvalue weighted by atomic mass is 10.0. The molecule has 3 heterocycles. The van der Waals surface area contributed by atoms with Gasteiger partial charge in [-0.05, 0) is 90.4 Å². The van der Waals surface area contributed by atoms with Crippen molar-refractivity contribution in [2.75, 3.05) is 44.1 Å². The predicted molar refractivity (Wildman–Crippen MR) is 208 cm³/mol. The fourth-order valence-electron chi connectivity index (χ4n) is 6.39. The third-order valence-electron chi connectivity index (χ3n) is 8.82. The summed E-state index contributed by atoms with van der Waals surface area (Å²) in [6, 6.07) is 10.2. The predicted octanol–water partition coefficient (Wildman–Crippen LogP) is 8.77. The van der Waals surface area contributed by atoms with Crippen LogP contribution in [0.4, 0.5) is 22.0 Å². The van der Waals surface area contributed by atoms with Gasteiger partial charge in [0.15, 0.2) is 0 Å². The van der Waals surface area contributed by atoms with Crippen LogP contribution in [0.25, 0.3) is 22.0 Å². The van der Waals surface area contributed by atoms with Crippen LogP contribution in [0.5, 0.6) is 11.5 Å². The molecule has 0 spiro atoms. The minimum Gasteiger partial charge on any atom is -0.495 e. The maximum atomic E-state index is 14.7. The second-order valence-electron chi connectivity index (χ2n) is 13.6. The van der Waals surface area contributed by atoms with Crippen LogP contribution in [0.3, 0.4) is 0 Å². The number of halogens is 2. The molecule has 11 nitrogen and oxygen atoms in total. The first kappa shape index (κ1) is 38.6. The molecular weight excluding hydrogens is 705 g/mol. The summed E-state index contributed by atoms with van der Waals surface area (Å²) < 4.78 is 18.6. The molecule has 1 aliphatic rings. The number of aromatic nitrogens is 2. The number of anilines is 3. The lowest BCUT2D eigenvalue weighted by Crippen LogP contribution is -2.35. The summed E-state index contributed by atoms with van der Waals surface area (Å²) in [5, 5.41) is 3.73. The number of pyridine rings is 2. The van der Waals surface area contributed by atoms with E-state index < -0.39 is 17.6 Å². The zero-order valence-electron chi connectivity index (χ0n) is 30.5. The lowest BCUT2D eigenvalue weighted by molar-refractivity contribution is -0.111. The van der Waals surface area contributed by atoms with Crippen LogP contribution in [-0.2, 0) is 16.1 Å². The minimum absolute atomic E-state index is 0.166. The number of hydrogen-bond acceptors (Lipinski definition) is 8. The van der Waals surface area contributed by atoms with Crippen molar-refractivity contribution >= 4 is 63.3 Å². The Morgan fingerprint density at radius 1 is 1.02 bits per heavy atom. The van der Waals surface area contributed by atoms with Crippen molar-refractivity contribution in [1.82, 2.24) is 14.5 Å². The van der Waals surface area contributed by atoms with Crippen LogP contribution in [0.2, 0.25) is 10.0 Å². The molecule has 2 aromatic heterocycles. The molecule has 52 heavy (non-hydrogen) atoms. The van der Waals surface area contributed by atoms with Gasteiger partial charge in [-0.1, -0.05) is 48.3 Å². The van der Waals surface area contributed by atoms with E-state index in [-0.39, 0.29) is 32.5 Å². The van der Waals surface area contributed by atoms with Gasteiger partial charge in [-0.15, -0.1) is 0 Å². The van der Waals surface area contributed by atoms with E-state index in [1.807, 2.05) is 13.0 Å². The van der Waals surface area contributed by atoms with Crippen molar-refractivity contribution in [3.05, 3.63) is 81.2 Å². The molecule has 1 N–H and O–H groups in total. The van der Waals surface area contributed by atoms with Crippen molar-refractivity contribution in [3.63, 3.8) is 0 Å². The fourth-order valence-corrected chi connectivity index (χ4v) is 7.09. The molecule has 13 heteroatoms. The number of fused-ring (bicyclic) bond motifs is 1. The van der Waals surface area contributed by atoms with E-state index in [2.05, 4.69) is 16.8 Å². The van der Waals surface area contributed by atoms with Crippen LogP contribution in [0.15, 0.2) is 60.0 Å². The van der Waals surface area contributed by atoms with E-state index in [0.29, 0.717) is 52.3 Å². The number of hydrogen-bond donors (Lipinski definition) is 1. The molecule has 0 atom stereocenters. The molecule has 2 aromatic carbocycles. The number of amides is 2. The van der Waals surface area contributed by atoms with E-state index in [9.17, 15) is 14.4 Å². The quantitative estimate of drug-likeness (QED) is 0.151. The van der Waals surface area contributed by atoms with E-state index in [4.69, 9.17) is 42.4 Å². The molecule has 1 saturated heterocycles. The molecule has 4 aromatic rings. The maximum absolute atomic E-state index is 14.7. The molecule has 1 aliphatic heterocycles. The Labute approximate surface area is 314 Å². The van der Waals surface area contributed by atoms with Gasteiger partial charge in [-0.3, -0.25) is 9.59 Å². The molecule has 5 rings (SSSR count). The highest BCUT2D eigenvalue weighted by Gasteiger charge is 2.30. The summed E-state index contributed by atoms with van der Waals surface area (Å²) in [5.41, 5.74) is 1.21. The highest BCUT2D eigenvalue weighted by molar-refractivity contribution is 6.41.